The largest absolute Gasteiger partial charge is 0.493 e. The van der Waals surface area contributed by atoms with Gasteiger partial charge in [-0.2, -0.15) is 10.4 Å². The highest BCUT2D eigenvalue weighted by Gasteiger charge is 2.31. The number of ether oxygens (including phenoxy) is 2. The fraction of sp³-hybridized carbons (Fsp3) is 0.167. The molecule has 0 radical (unpaired) electrons. The lowest BCUT2D eigenvalue weighted by Crippen LogP contribution is -2.33. The van der Waals surface area contributed by atoms with Crippen molar-refractivity contribution in [2.45, 2.75) is 6.04 Å². The molecule has 0 N–H and O–H groups in total. The molecule has 1 aliphatic heterocycles. The van der Waals surface area contributed by atoms with Crippen LogP contribution in [-0.4, -0.2) is 31.4 Å². The average molecular weight is 321 g/mol. The highest BCUT2D eigenvalue weighted by molar-refractivity contribution is 5.97. The number of methoxy groups -OCH3 is 2. The van der Waals surface area contributed by atoms with E-state index in [1.54, 1.807) is 42.6 Å². The molecule has 2 aromatic carbocycles. The van der Waals surface area contributed by atoms with E-state index >= 15 is 0 Å². The highest BCUT2D eigenvalue weighted by Crippen LogP contribution is 2.36. The van der Waals surface area contributed by atoms with Gasteiger partial charge in [0.15, 0.2) is 17.5 Å². The summed E-state index contributed by atoms with van der Waals surface area (Å²) in [5, 5.41) is 15.0. The number of carbonyl (C=O) groups excluding carboxylic acids is 1. The molecule has 3 rings (SSSR count). The molecule has 0 aliphatic carbocycles. The molecule has 0 fully saturated rings. The van der Waals surface area contributed by atoms with Gasteiger partial charge in [0.05, 0.1) is 26.5 Å². The Morgan fingerprint density at radius 2 is 1.83 bits per heavy atom. The third kappa shape index (κ3) is 2.57. The predicted molar refractivity (Wildman–Crippen MR) is 88.1 cm³/mol. The maximum absolute atomic E-state index is 12.7. The van der Waals surface area contributed by atoms with E-state index in [0.29, 0.717) is 22.6 Å². The number of amides is 1. The molecular weight excluding hydrogens is 306 g/mol. The molecule has 1 atom stereocenters. The maximum Gasteiger partial charge on any atom is 0.275 e. The van der Waals surface area contributed by atoms with Gasteiger partial charge < -0.3 is 9.47 Å². The molecule has 1 heterocycles. The van der Waals surface area contributed by atoms with Gasteiger partial charge in [-0.05, 0) is 24.3 Å². The Balaban J connectivity index is 2.04. The van der Waals surface area contributed by atoms with Gasteiger partial charge in [-0.15, -0.1) is 0 Å². The van der Waals surface area contributed by atoms with Crippen LogP contribution >= 0.6 is 0 Å². The van der Waals surface area contributed by atoms with Crippen LogP contribution < -0.4 is 9.47 Å². The van der Waals surface area contributed by atoms with Crippen molar-refractivity contribution in [3.05, 3.63) is 59.2 Å². The molecule has 0 bridgehead atoms. The van der Waals surface area contributed by atoms with Crippen molar-refractivity contribution in [1.29, 1.82) is 5.26 Å². The van der Waals surface area contributed by atoms with Gasteiger partial charge in [-0.3, -0.25) is 4.79 Å². The summed E-state index contributed by atoms with van der Waals surface area (Å²) in [5.41, 5.74) is 1.84. The first-order valence-electron chi connectivity index (χ1n) is 7.27. The van der Waals surface area contributed by atoms with Gasteiger partial charge in [-0.25, -0.2) is 5.01 Å². The molecular formula is C18H15N3O3. The Morgan fingerprint density at radius 3 is 2.46 bits per heavy atom. The number of carbonyl (C=O) groups is 1. The first-order valence-corrected chi connectivity index (χ1v) is 7.27. The lowest BCUT2D eigenvalue weighted by Gasteiger charge is -2.28. The maximum atomic E-state index is 12.7. The number of fused-ring (bicyclic) bond motifs is 1. The summed E-state index contributed by atoms with van der Waals surface area (Å²) < 4.78 is 10.6. The monoisotopic (exact) mass is 321 g/mol. The van der Waals surface area contributed by atoms with Gasteiger partial charge in [0, 0.05) is 16.7 Å². The topological polar surface area (TPSA) is 74.9 Å². The van der Waals surface area contributed by atoms with Gasteiger partial charge in [-0.1, -0.05) is 18.2 Å². The van der Waals surface area contributed by atoms with Crippen LogP contribution in [0.15, 0.2) is 47.6 Å². The Bertz CT molecular complexity index is 841. The summed E-state index contributed by atoms with van der Waals surface area (Å²) in [6.45, 7) is 0. The summed E-state index contributed by atoms with van der Waals surface area (Å²) in [5.74, 6) is 0.708. The zero-order valence-electron chi connectivity index (χ0n) is 13.3. The molecule has 24 heavy (non-hydrogen) atoms. The van der Waals surface area contributed by atoms with E-state index in [0.717, 1.165) is 5.56 Å². The first-order chi connectivity index (χ1) is 11.7. The van der Waals surface area contributed by atoms with Crippen LogP contribution in [0.25, 0.3) is 0 Å². The number of hydrogen-bond donors (Lipinski definition) is 0. The zero-order valence-corrected chi connectivity index (χ0v) is 13.3. The van der Waals surface area contributed by atoms with Crippen LogP contribution in [0.3, 0.4) is 0 Å². The molecule has 0 saturated carbocycles. The standard InChI is InChI=1S/C18H15N3O3/c1-23-16-8-13-11-20-21(18(22)12-6-4-3-5-7-12)15(10-19)14(13)9-17(16)24-2/h3-9,11,15H,1-2H3. The van der Waals surface area contributed by atoms with Crippen LogP contribution in [-0.2, 0) is 0 Å². The van der Waals surface area contributed by atoms with Crippen LogP contribution in [0.4, 0.5) is 0 Å². The van der Waals surface area contributed by atoms with Crippen molar-refractivity contribution in [3.8, 4) is 17.6 Å². The minimum Gasteiger partial charge on any atom is -0.493 e. The highest BCUT2D eigenvalue weighted by atomic mass is 16.5. The Morgan fingerprint density at radius 1 is 1.17 bits per heavy atom. The number of nitriles is 1. The van der Waals surface area contributed by atoms with Gasteiger partial charge in [0.25, 0.3) is 5.91 Å². The van der Waals surface area contributed by atoms with E-state index in [4.69, 9.17) is 9.47 Å². The summed E-state index contributed by atoms with van der Waals surface area (Å²) in [6.07, 6.45) is 1.55. The SMILES string of the molecule is COc1cc2c(cc1OC)C(C#N)N(C(=O)c1ccccc1)N=C2. The van der Waals surface area contributed by atoms with Gasteiger partial charge in [0.1, 0.15) is 0 Å². The molecule has 1 amide bonds. The van der Waals surface area contributed by atoms with Crippen molar-refractivity contribution in [2.75, 3.05) is 14.2 Å². The number of nitrogens with zero attached hydrogens (tertiary/aromatic N) is 3. The molecule has 120 valence electrons. The zero-order chi connectivity index (χ0) is 17.1. The number of hydrazone groups is 1. The number of rotatable bonds is 3. The lowest BCUT2D eigenvalue weighted by molar-refractivity contribution is 0.0720. The molecule has 6 nitrogen and oxygen atoms in total. The minimum absolute atomic E-state index is 0.334. The lowest BCUT2D eigenvalue weighted by atomic mass is 9.98. The normalized spacial score (nSPS) is 15.4. The van der Waals surface area contributed by atoms with E-state index in [-0.39, 0.29) is 5.91 Å². The minimum atomic E-state index is -0.836. The van der Waals surface area contributed by atoms with E-state index in [9.17, 15) is 10.1 Å². The third-order valence-corrected chi connectivity index (χ3v) is 3.80. The second-order valence-electron chi connectivity index (χ2n) is 5.13. The fourth-order valence-corrected chi connectivity index (χ4v) is 2.59. The van der Waals surface area contributed by atoms with E-state index < -0.39 is 6.04 Å². The molecule has 0 aromatic heterocycles. The summed E-state index contributed by atoms with van der Waals surface area (Å²) >= 11 is 0. The van der Waals surface area contributed by atoms with E-state index in [1.165, 1.54) is 19.2 Å². The van der Waals surface area contributed by atoms with Crippen LogP contribution in [0.1, 0.15) is 27.5 Å². The molecule has 2 aromatic rings. The number of hydrogen-bond acceptors (Lipinski definition) is 5. The van der Waals surface area contributed by atoms with Crippen molar-refractivity contribution in [3.63, 3.8) is 0 Å². The smallest absolute Gasteiger partial charge is 0.275 e. The summed E-state index contributed by atoms with van der Waals surface area (Å²) in [6, 6.07) is 13.5. The van der Waals surface area contributed by atoms with Crippen LogP contribution in [0, 0.1) is 11.3 Å². The Kier molecular flexibility index (Phi) is 4.17. The fourth-order valence-electron chi connectivity index (χ4n) is 2.59. The summed E-state index contributed by atoms with van der Waals surface area (Å²) in [7, 11) is 3.06. The molecule has 0 saturated heterocycles. The van der Waals surface area contributed by atoms with Crippen molar-refractivity contribution < 1.29 is 14.3 Å². The first kappa shape index (κ1) is 15.6. The third-order valence-electron chi connectivity index (χ3n) is 3.80. The van der Waals surface area contributed by atoms with Gasteiger partial charge in [0.2, 0.25) is 0 Å². The molecule has 1 aliphatic rings. The quantitative estimate of drug-likeness (QED) is 0.871. The Hall–Kier alpha value is -3.33. The van der Waals surface area contributed by atoms with Crippen LogP contribution in [0.5, 0.6) is 11.5 Å². The van der Waals surface area contributed by atoms with E-state index in [2.05, 4.69) is 11.2 Å². The van der Waals surface area contributed by atoms with Crippen molar-refractivity contribution >= 4 is 12.1 Å². The van der Waals surface area contributed by atoms with Crippen molar-refractivity contribution in [1.82, 2.24) is 5.01 Å². The predicted octanol–water partition coefficient (Wildman–Crippen LogP) is 2.76. The average Bonchev–Trinajstić information content (AvgIpc) is 2.65. The molecule has 0 spiro atoms. The second kappa shape index (κ2) is 6.42. The van der Waals surface area contributed by atoms with Crippen LogP contribution in [0.2, 0.25) is 0 Å². The van der Waals surface area contributed by atoms with E-state index in [1.807, 2.05) is 6.07 Å². The second-order valence-corrected chi connectivity index (χ2v) is 5.13. The Labute approximate surface area is 139 Å². The van der Waals surface area contributed by atoms with Gasteiger partial charge >= 0.3 is 0 Å². The molecule has 1 unspecified atom stereocenters. The number of benzene rings is 2. The molecule has 6 heteroatoms. The summed E-state index contributed by atoms with van der Waals surface area (Å²) in [4.78, 5) is 12.7. The van der Waals surface area contributed by atoms with Crippen molar-refractivity contribution in [2.24, 2.45) is 5.10 Å².